The number of halogens is 1. The lowest BCUT2D eigenvalue weighted by Gasteiger charge is -2.13. The molecule has 1 heterocycles. The first-order valence-corrected chi connectivity index (χ1v) is 10.5. The minimum Gasteiger partial charge on any atom is -0.493 e. The molecule has 3 rings (SSSR count). The molecule has 1 fully saturated rings. The number of carbonyl (C=O) groups excluding carboxylic acids is 1. The first-order valence-electron chi connectivity index (χ1n) is 8.90. The third-order valence-electron chi connectivity index (χ3n) is 4.25. The van der Waals surface area contributed by atoms with Crippen molar-refractivity contribution in [2.24, 2.45) is 0 Å². The van der Waals surface area contributed by atoms with Crippen LogP contribution in [0.4, 0.5) is 0 Å². The number of benzene rings is 2. The van der Waals surface area contributed by atoms with Crippen molar-refractivity contribution in [3.05, 3.63) is 63.5 Å². The largest absolute Gasteiger partial charge is 0.493 e. The minimum absolute atomic E-state index is 0.0511. The summed E-state index contributed by atoms with van der Waals surface area (Å²) in [6.07, 6.45) is 1.53. The summed E-state index contributed by atoms with van der Waals surface area (Å²) >= 11 is 12.5. The normalized spacial score (nSPS) is 15.0. The van der Waals surface area contributed by atoms with Crippen molar-refractivity contribution in [1.29, 1.82) is 0 Å². The first kappa shape index (κ1) is 22.1. The maximum absolute atomic E-state index is 12.5. The number of carboxylic acids is 1. The Hall–Kier alpha value is -2.55. The lowest BCUT2D eigenvalue weighted by atomic mass is 10.1. The van der Waals surface area contributed by atoms with Gasteiger partial charge in [-0.3, -0.25) is 14.5 Å². The van der Waals surface area contributed by atoms with E-state index in [9.17, 15) is 9.59 Å². The molecular weight excluding hydrogens is 446 g/mol. The van der Waals surface area contributed by atoms with E-state index in [1.807, 2.05) is 18.2 Å². The van der Waals surface area contributed by atoms with Crippen LogP contribution in [-0.4, -0.2) is 39.9 Å². The molecule has 1 amide bonds. The van der Waals surface area contributed by atoms with Crippen LogP contribution in [0.1, 0.15) is 17.5 Å². The number of amides is 1. The Morgan fingerprint density at radius 3 is 2.73 bits per heavy atom. The summed E-state index contributed by atoms with van der Waals surface area (Å²) in [5.74, 6) is -0.227. The molecule has 1 N–H and O–H groups in total. The zero-order chi connectivity index (χ0) is 21.7. The molecule has 2 aromatic rings. The second-order valence-electron chi connectivity index (χ2n) is 6.27. The average molecular weight is 464 g/mol. The van der Waals surface area contributed by atoms with Crippen LogP contribution in [0, 0.1) is 0 Å². The van der Waals surface area contributed by atoms with Gasteiger partial charge in [-0.1, -0.05) is 59.8 Å². The fourth-order valence-electron chi connectivity index (χ4n) is 2.72. The molecule has 156 valence electrons. The SMILES string of the molecule is COc1cc(/C=C2\SC(=S)N(CCC(=O)O)C2=O)ccc1OCc1ccccc1Cl. The summed E-state index contributed by atoms with van der Waals surface area (Å²) in [6.45, 7) is 0.340. The van der Waals surface area contributed by atoms with Crippen LogP contribution in [0.2, 0.25) is 5.02 Å². The van der Waals surface area contributed by atoms with E-state index in [2.05, 4.69) is 0 Å². The second-order valence-corrected chi connectivity index (χ2v) is 8.35. The van der Waals surface area contributed by atoms with E-state index in [1.54, 1.807) is 30.3 Å². The van der Waals surface area contributed by atoms with Crippen LogP contribution in [-0.2, 0) is 16.2 Å². The molecule has 0 atom stereocenters. The lowest BCUT2D eigenvalue weighted by molar-refractivity contribution is -0.137. The summed E-state index contributed by atoms with van der Waals surface area (Å²) in [4.78, 5) is 25.0. The van der Waals surface area contributed by atoms with Gasteiger partial charge in [-0.25, -0.2) is 0 Å². The molecule has 6 nitrogen and oxygen atoms in total. The topological polar surface area (TPSA) is 76.1 Å². The zero-order valence-corrected chi connectivity index (χ0v) is 18.4. The summed E-state index contributed by atoms with van der Waals surface area (Å²) in [7, 11) is 1.53. The molecule has 0 aliphatic carbocycles. The van der Waals surface area contributed by atoms with Crippen molar-refractivity contribution >= 4 is 57.9 Å². The van der Waals surface area contributed by atoms with E-state index >= 15 is 0 Å². The molecule has 0 spiro atoms. The molecule has 1 aliphatic heterocycles. The maximum atomic E-state index is 12.5. The van der Waals surface area contributed by atoms with Gasteiger partial charge in [0.15, 0.2) is 11.5 Å². The molecule has 9 heteroatoms. The number of nitrogens with zero attached hydrogens (tertiary/aromatic N) is 1. The van der Waals surface area contributed by atoms with Crippen molar-refractivity contribution < 1.29 is 24.2 Å². The smallest absolute Gasteiger partial charge is 0.305 e. The Morgan fingerprint density at radius 2 is 2.03 bits per heavy atom. The molecule has 0 radical (unpaired) electrons. The number of hydrogen-bond acceptors (Lipinski definition) is 6. The van der Waals surface area contributed by atoms with Gasteiger partial charge >= 0.3 is 5.97 Å². The van der Waals surface area contributed by atoms with Gasteiger partial charge in [-0.2, -0.15) is 0 Å². The molecule has 0 saturated carbocycles. The molecule has 1 saturated heterocycles. The third-order valence-corrected chi connectivity index (χ3v) is 6.00. The van der Waals surface area contributed by atoms with Crippen molar-refractivity contribution in [3.8, 4) is 11.5 Å². The summed E-state index contributed by atoms with van der Waals surface area (Å²) in [5, 5.41) is 9.45. The highest BCUT2D eigenvalue weighted by Gasteiger charge is 2.32. The first-order chi connectivity index (χ1) is 14.4. The van der Waals surface area contributed by atoms with Gasteiger partial charge in [0.25, 0.3) is 5.91 Å². The number of rotatable bonds is 8. The van der Waals surface area contributed by atoms with Crippen molar-refractivity contribution in [2.45, 2.75) is 13.0 Å². The molecular formula is C21H18ClNO5S2. The van der Waals surface area contributed by atoms with Gasteiger partial charge in [0.2, 0.25) is 0 Å². The highest BCUT2D eigenvalue weighted by Crippen LogP contribution is 2.35. The molecule has 0 unspecified atom stereocenters. The molecule has 2 aromatic carbocycles. The van der Waals surface area contributed by atoms with Crippen LogP contribution in [0.15, 0.2) is 47.4 Å². The number of aliphatic carboxylic acids is 1. The lowest BCUT2D eigenvalue weighted by Crippen LogP contribution is -2.30. The molecule has 0 aromatic heterocycles. The van der Waals surface area contributed by atoms with E-state index in [0.29, 0.717) is 25.7 Å². The van der Waals surface area contributed by atoms with Crippen LogP contribution < -0.4 is 9.47 Å². The van der Waals surface area contributed by atoms with Crippen molar-refractivity contribution in [3.63, 3.8) is 0 Å². The van der Waals surface area contributed by atoms with E-state index < -0.39 is 5.97 Å². The number of ether oxygens (including phenoxy) is 2. The highest BCUT2D eigenvalue weighted by atomic mass is 35.5. The van der Waals surface area contributed by atoms with E-state index in [4.69, 9.17) is 38.4 Å². The van der Waals surface area contributed by atoms with E-state index in [1.165, 1.54) is 12.0 Å². The van der Waals surface area contributed by atoms with Crippen molar-refractivity contribution in [1.82, 2.24) is 4.90 Å². The third kappa shape index (κ3) is 5.33. The Kier molecular flexibility index (Phi) is 7.36. The quantitative estimate of drug-likeness (QED) is 0.452. The predicted molar refractivity (Wildman–Crippen MR) is 121 cm³/mol. The van der Waals surface area contributed by atoms with Gasteiger partial charge in [-0.15, -0.1) is 0 Å². The monoisotopic (exact) mass is 463 g/mol. The Morgan fingerprint density at radius 1 is 1.27 bits per heavy atom. The number of hydrogen-bond donors (Lipinski definition) is 1. The number of thioether (sulfide) groups is 1. The molecule has 30 heavy (non-hydrogen) atoms. The predicted octanol–water partition coefficient (Wildman–Crippen LogP) is 4.60. The zero-order valence-electron chi connectivity index (χ0n) is 16.0. The van der Waals surface area contributed by atoms with Crippen LogP contribution in [0.5, 0.6) is 11.5 Å². The standard InChI is InChI=1S/C21H18ClNO5S2/c1-27-17-10-13(6-7-16(17)28-12-14-4-2-3-5-15(14)22)11-18-20(26)23(21(29)30-18)9-8-19(24)25/h2-7,10-11H,8-9,12H2,1H3,(H,24,25)/b18-11-. The van der Waals surface area contributed by atoms with Crippen molar-refractivity contribution in [2.75, 3.05) is 13.7 Å². The highest BCUT2D eigenvalue weighted by molar-refractivity contribution is 8.26. The van der Waals surface area contributed by atoms with Gasteiger partial charge < -0.3 is 14.6 Å². The summed E-state index contributed by atoms with van der Waals surface area (Å²) in [5.41, 5.74) is 1.59. The van der Waals surface area contributed by atoms with Gasteiger partial charge in [0.1, 0.15) is 10.9 Å². The van der Waals surface area contributed by atoms with E-state index in [-0.39, 0.29) is 25.5 Å². The Bertz CT molecular complexity index is 1020. The van der Waals surface area contributed by atoms with Crippen LogP contribution in [0.25, 0.3) is 6.08 Å². The van der Waals surface area contributed by atoms with Gasteiger partial charge in [0, 0.05) is 17.1 Å². The molecule has 1 aliphatic rings. The number of thiocarbonyl (C=S) groups is 1. The van der Waals surface area contributed by atoms with Gasteiger partial charge in [0.05, 0.1) is 18.4 Å². The number of carboxylic acid groups (broad SMARTS) is 1. The van der Waals surface area contributed by atoms with E-state index in [0.717, 1.165) is 22.9 Å². The fourth-order valence-corrected chi connectivity index (χ4v) is 4.21. The molecule has 0 bridgehead atoms. The maximum Gasteiger partial charge on any atom is 0.305 e. The number of carbonyl (C=O) groups is 2. The number of methoxy groups -OCH3 is 1. The Labute approximate surface area is 188 Å². The van der Waals surface area contributed by atoms with Crippen LogP contribution in [0.3, 0.4) is 0 Å². The summed E-state index contributed by atoms with van der Waals surface area (Å²) in [6, 6.07) is 12.7. The van der Waals surface area contributed by atoms with Gasteiger partial charge in [-0.05, 0) is 29.8 Å². The minimum atomic E-state index is -0.981. The summed E-state index contributed by atoms with van der Waals surface area (Å²) < 4.78 is 11.6. The van der Waals surface area contributed by atoms with Crippen LogP contribution >= 0.6 is 35.6 Å². The fraction of sp³-hybridized carbons (Fsp3) is 0.190. The average Bonchev–Trinajstić information content (AvgIpc) is 2.98. The second kappa shape index (κ2) is 9.97. The Balaban J connectivity index is 1.74.